The highest BCUT2D eigenvalue weighted by Gasteiger charge is 2.32. The lowest BCUT2D eigenvalue weighted by Crippen LogP contribution is -2.34. The molecule has 0 saturated carbocycles. The van der Waals surface area contributed by atoms with E-state index in [4.69, 9.17) is 0 Å². The summed E-state index contributed by atoms with van der Waals surface area (Å²) in [5.74, 6) is 0.859. The van der Waals surface area contributed by atoms with Gasteiger partial charge in [0.05, 0.1) is 17.1 Å². The van der Waals surface area contributed by atoms with E-state index in [1.165, 1.54) is 5.56 Å². The number of rotatable bonds is 2. The number of hydrogen-bond acceptors (Lipinski definition) is 3. The lowest BCUT2D eigenvalue weighted by atomic mass is 10.2. The zero-order valence-corrected chi connectivity index (χ0v) is 13.5. The molecular weight excluding hydrogens is 302 g/mol. The molecule has 1 saturated heterocycles. The van der Waals surface area contributed by atoms with Crippen molar-refractivity contribution in [2.75, 3.05) is 11.9 Å². The highest BCUT2D eigenvalue weighted by Crippen LogP contribution is 2.32. The number of pyridine rings is 1. The highest BCUT2D eigenvalue weighted by molar-refractivity contribution is 5.89. The summed E-state index contributed by atoms with van der Waals surface area (Å²) in [6, 6.07) is 9.61. The second kappa shape index (κ2) is 5.96. The fourth-order valence-electron chi connectivity index (χ4n) is 3.23. The van der Waals surface area contributed by atoms with Crippen LogP contribution in [0.3, 0.4) is 0 Å². The van der Waals surface area contributed by atoms with Crippen molar-refractivity contribution in [3.05, 3.63) is 54.1 Å². The van der Waals surface area contributed by atoms with Crippen molar-refractivity contribution in [2.45, 2.75) is 25.8 Å². The van der Waals surface area contributed by atoms with Gasteiger partial charge in [-0.25, -0.2) is 9.78 Å². The molecule has 24 heavy (non-hydrogen) atoms. The summed E-state index contributed by atoms with van der Waals surface area (Å²) in [5.41, 5.74) is 3.90. The molecular formula is C18H19N5O. The number of nitrogens with one attached hydrogen (secondary N) is 2. The van der Waals surface area contributed by atoms with Crippen LogP contribution in [0.1, 0.15) is 30.3 Å². The van der Waals surface area contributed by atoms with E-state index in [2.05, 4.69) is 39.3 Å². The van der Waals surface area contributed by atoms with Crippen LogP contribution in [0.2, 0.25) is 0 Å². The van der Waals surface area contributed by atoms with Crippen LogP contribution in [-0.2, 0) is 0 Å². The number of hydrogen-bond donors (Lipinski definition) is 2. The number of fused-ring (bicyclic) bond motifs is 1. The molecule has 1 aromatic carbocycles. The standard InChI is InChI=1S/C18H19N5O/c1-12-4-5-14-15(11-12)22-17(21-14)16-3-2-10-23(16)18(24)20-13-6-8-19-9-7-13/h4-9,11,16H,2-3,10H2,1H3,(H,21,22)(H,19,20,24). The Labute approximate surface area is 139 Å². The molecule has 0 spiro atoms. The molecule has 2 amide bonds. The zero-order valence-electron chi connectivity index (χ0n) is 13.5. The third-order valence-corrected chi connectivity index (χ3v) is 4.42. The first-order valence-electron chi connectivity index (χ1n) is 8.14. The first-order chi connectivity index (χ1) is 11.7. The number of anilines is 1. The summed E-state index contributed by atoms with van der Waals surface area (Å²) in [4.78, 5) is 26.5. The number of urea groups is 1. The van der Waals surface area contributed by atoms with Gasteiger partial charge >= 0.3 is 6.03 Å². The third kappa shape index (κ3) is 2.71. The van der Waals surface area contributed by atoms with Crippen molar-refractivity contribution in [3.8, 4) is 0 Å². The van der Waals surface area contributed by atoms with Gasteiger partial charge in [-0.05, 0) is 49.6 Å². The number of H-pyrrole nitrogens is 1. The molecule has 0 aliphatic carbocycles. The van der Waals surface area contributed by atoms with E-state index in [0.29, 0.717) is 0 Å². The van der Waals surface area contributed by atoms with Crippen LogP contribution in [0.5, 0.6) is 0 Å². The zero-order chi connectivity index (χ0) is 16.5. The van der Waals surface area contributed by atoms with Crippen LogP contribution in [0.25, 0.3) is 11.0 Å². The molecule has 1 fully saturated rings. The van der Waals surface area contributed by atoms with Gasteiger partial charge in [0.15, 0.2) is 0 Å². The van der Waals surface area contributed by atoms with Crippen LogP contribution in [0.4, 0.5) is 10.5 Å². The molecule has 0 bridgehead atoms. The molecule has 2 N–H and O–H groups in total. The average Bonchev–Trinajstić information content (AvgIpc) is 3.21. The minimum Gasteiger partial charge on any atom is -0.340 e. The molecule has 3 heterocycles. The van der Waals surface area contributed by atoms with Crippen LogP contribution in [0, 0.1) is 6.92 Å². The maximum absolute atomic E-state index is 12.6. The quantitative estimate of drug-likeness (QED) is 0.757. The topological polar surface area (TPSA) is 73.9 Å². The number of aromatic nitrogens is 3. The number of aromatic amines is 1. The average molecular weight is 321 g/mol. The predicted octanol–water partition coefficient (Wildman–Crippen LogP) is 3.64. The van der Waals surface area contributed by atoms with Gasteiger partial charge in [-0.2, -0.15) is 0 Å². The first kappa shape index (κ1) is 14.7. The molecule has 122 valence electrons. The monoisotopic (exact) mass is 321 g/mol. The van der Waals surface area contributed by atoms with E-state index in [-0.39, 0.29) is 12.1 Å². The predicted molar refractivity (Wildman–Crippen MR) is 92.8 cm³/mol. The fraction of sp³-hybridized carbons (Fsp3) is 0.278. The van der Waals surface area contributed by atoms with Crippen molar-refractivity contribution in [1.82, 2.24) is 19.9 Å². The Morgan fingerprint density at radius 3 is 2.96 bits per heavy atom. The minimum atomic E-state index is -0.0969. The van der Waals surface area contributed by atoms with E-state index < -0.39 is 0 Å². The normalized spacial score (nSPS) is 17.4. The Kier molecular flexibility index (Phi) is 3.65. The second-order valence-electron chi connectivity index (χ2n) is 6.16. The summed E-state index contributed by atoms with van der Waals surface area (Å²) in [6.07, 6.45) is 5.23. The molecule has 4 rings (SSSR count). The summed E-state index contributed by atoms with van der Waals surface area (Å²) in [7, 11) is 0. The molecule has 6 nitrogen and oxygen atoms in total. The smallest absolute Gasteiger partial charge is 0.322 e. The fourth-order valence-corrected chi connectivity index (χ4v) is 3.23. The van der Waals surface area contributed by atoms with Gasteiger partial charge < -0.3 is 15.2 Å². The van der Waals surface area contributed by atoms with Crippen LogP contribution in [0.15, 0.2) is 42.7 Å². The van der Waals surface area contributed by atoms with Crippen molar-refractivity contribution >= 4 is 22.8 Å². The molecule has 1 unspecified atom stereocenters. The Bertz CT molecular complexity index is 874. The van der Waals surface area contributed by atoms with E-state index in [1.807, 2.05) is 11.0 Å². The Morgan fingerprint density at radius 2 is 2.12 bits per heavy atom. The summed E-state index contributed by atoms with van der Waals surface area (Å²) < 4.78 is 0. The first-order valence-corrected chi connectivity index (χ1v) is 8.14. The van der Waals surface area contributed by atoms with E-state index in [0.717, 1.165) is 41.9 Å². The minimum absolute atomic E-state index is 0.0143. The number of amides is 2. The number of carbonyl (C=O) groups is 1. The molecule has 3 aromatic rings. The Balaban J connectivity index is 1.58. The summed E-state index contributed by atoms with van der Waals surface area (Å²) in [6.45, 7) is 2.79. The van der Waals surface area contributed by atoms with Crippen molar-refractivity contribution in [2.24, 2.45) is 0 Å². The van der Waals surface area contributed by atoms with E-state index in [1.54, 1.807) is 24.5 Å². The van der Waals surface area contributed by atoms with Crippen molar-refractivity contribution < 1.29 is 4.79 Å². The molecule has 0 radical (unpaired) electrons. The van der Waals surface area contributed by atoms with Gasteiger partial charge in [0.25, 0.3) is 0 Å². The molecule has 1 aliphatic rings. The number of benzene rings is 1. The molecule has 6 heteroatoms. The number of aryl methyl sites for hydroxylation is 1. The van der Waals surface area contributed by atoms with Gasteiger partial charge in [-0.3, -0.25) is 4.98 Å². The summed E-state index contributed by atoms with van der Waals surface area (Å²) >= 11 is 0. The third-order valence-electron chi connectivity index (χ3n) is 4.42. The lowest BCUT2D eigenvalue weighted by Gasteiger charge is -2.23. The van der Waals surface area contributed by atoms with Crippen LogP contribution < -0.4 is 5.32 Å². The van der Waals surface area contributed by atoms with Crippen molar-refractivity contribution in [1.29, 1.82) is 0 Å². The van der Waals surface area contributed by atoms with Crippen LogP contribution >= 0.6 is 0 Å². The molecule has 2 aromatic heterocycles. The lowest BCUT2D eigenvalue weighted by molar-refractivity contribution is 0.205. The maximum atomic E-state index is 12.6. The van der Waals surface area contributed by atoms with Gasteiger partial charge in [0.1, 0.15) is 5.82 Å². The molecule has 1 aliphatic heterocycles. The Morgan fingerprint density at radius 1 is 1.29 bits per heavy atom. The highest BCUT2D eigenvalue weighted by atomic mass is 16.2. The van der Waals surface area contributed by atoms with E-state index >= 15 is 0 Å². The van der Waals surface area contributed by atoms with E-state index in [9.17, 15) is 4.79 Å². The number of imidazole rings is 1. The van der Waals surface area contributed by atoms with Crippen molar-refractivity contribution in [3.63, 3.8) is 0 Å². The number of carbonyl (C=O) groups excluding carboxylic acids is 1. The van der Waals surface area contributed by atoms with Gasteiger partial charge in [0.2, 0.25) is 0 Å². The second-order valence-corrected chi connectivity index (χ2v) is 6.16. The van der Waals surface area contributed by atoms with Gasteiger partial charge in [0, 0.05) is 24.6 Å². The maximum Gasteiger partial charge on any atom is 0.322 e. The van der Waals surface area contributed by atoms with Gasteiger partial charge in [-0.1, -0.05) is 6.07 Å². The largest absolute Gasteiger partial charge is 0.340 e. The van der Waals surface area contributed by atoms with Gasteiger partial charge in [-0.15, -0.1) is 0 Å². The Hall–Kier alpha value is -2.89. The number of nitrogens with zero attached hydrogens (tertiary/aromatic N) is 3. The van der Waals surface area contributed by atoms with Crippen LogP contribution in [-0.4, -0.2) is 32.4 Å². The SMILES string of the molecule is Cc1ccc2nc(C3CCCN3C(=O)Nc3ccncc3)[nH]c2c1. The number of likely N-dealkylation sites (tertiary alicyclic amines) is 1. The summed E-state index contributed by atoms with van der Waals surface area (Å²) in [5, 5.41) is 2.93. The molecule has 1 atom stereocenters.